The van der Waals surface area contributed by atoms with E-state index in [0.29, 0.717) is 26.3 Å². The van der Waals surface area contributed by atoms with E-state index in [1.54, 1.807) is 4.90 Å². The highest BCUT2D eigenvalue weighted by Crippen LogP contribution is 2.25. The molecule has 0 spiro atoms. The number of piperidine rings is 1. The first-order valence-electron chi connectivity index (χ1n) is 10.5. The third-order valence-corrected chi connectivity index (χ3v) is 7.88. The molecule has 3 heterocycles. The largest absolute Gasteiger partial charge is 0.349 e. The van der Waals surface area contributed by atoms with Gasteiger partial charge in [0.25, 0.3) is 0 Å². The van der Waals surface area contributed by atoms with Crippen LogP contribution in [0.4, 0.5) is 4.39 Å². The first-order valence-corrected chi connectivity index (χ1v) is 11.9. The van der Waals surface area contributed by atoms with Crippen LogP contribution in [0.1, 0.15) is 19.3 Å². The van der Waals surface area contributed by atoms with Crippen molar-refractivity contribution < 1.29 is 27.1 Å². The highest BCUT2D eigenvalue weighted by Gasteiger charge is 2.36. The second-order valence-electron chi connectivity index (χ2n) is 7.89. The van der Waals surface area contributed by atoms with Crippen LogP contribution in [0.3, 0.4) is 0 Å². The van der Waals surface area contributed by atoms with Gasteiger partial charge in [-0.3, -0.25) is 9.69 Å². The SMILES string of the molecule is O=C(CN1CCCCC1C1OCCO1)N1CCN(S(=O)(=O)c2cccc(F)c2)CC1. The van der Waals surface area contributed by atoms with Crippen molar-refractivity contribution >= 4 is 15.9 Å². The number of carbonyl (C=O) groups excluding carboxylic acids is 1. The number of amides is 1. The molecule has 0 aliphatic carbocycles. The number of sulfonamides is 1. The molecule has 1 aromatic rings. The molecule has 0 aromatic heterocycles. The maximum Gasteiger partial charge on any atom is 0.243 e. The highest BCUT2D eigenvalue weighted by atomic mass is 32.2. The van der Waals surface area contributed by atoms with Crippen molar-refractivity contribution in [2.75, 3.05) is 52.5 Å². The van der Waals surface area contributed by atoms with Crippen molar-refractivity contribution in [2.45, 2.75) is 36.5 Å². The molecule has 3 saturated heterocycles. The van der Waals surface area contributed by atoms with Gasteiger partial charge >= 0.3 is 0 Å². The second-order valence-corrected chi connectivity index (χ2v) is 9.82. The van der Waals surface area contributed by atoms with Gasteiger partial charge in [-0.25, -0.2) is 12.8 Å². The summed E-state index contributed by atoms with van der Waals surface area (Å²) in [5.41, 5.74) is 0. The van der Waals surface area contributed by atoms with Crippen molar-refractivity contribution in [3.05, 3.63) is 30.1 Å². The predicted molar refractivity (Wildman–Crippen MR) is 107 cm³/mol. The summed E-state index contributed by atoms with van der Waals surface area (Å²) in [5, 5.41) is 0. The fourth-order valence-electron chi connectivity index (χ4n) is 4.35. The molecule has 1 unspecified atom stereocenters. The molecule has 3 aliphatic heterocycles. The maximum absolute atomic E-state index is 13.4. The van der Waals surface area contributed by atoms with E-state index in [9.17, 15) is 17.6 Å². The smallest absolute Gasteiger partial charge is 0.243 e. The molecule has 1 atom stereocenters. The Balaban J connectivity index is 1.34. The zero-order valence-electron chi connectivity index (χ0n) is 16.9. The topological polar surface area (TPSA) is 79.4 Å². The van der Waals surface area contributed by atoms with E-state index in [2.05, 4.69) is 4.90 Å². The molecule has 10 heteroatoms. The Hall–Kier alpha value is -1.59. The lowest BCUT2D eigenvalue weighted by atomic mass is 10.0. The first-order chi connectivity index (χ1) is 14.4. The minimum absolute atomic E-state index is 0.0114. The molecule has 3 aliphatic rings. The molecule has 0 N–H and O–H groups in total. The van der Waals surface area contributed by atoms with Gasteiger partial charge in [-0.1, -0.05) is 12.5 Å². The summed E-state index contributed by atoms with van der Waals surface area (Å²) in [5.74, 6) is -0.598. The van der Waals surface area contributed by atoms with Crippen LogP contribution in [0.5, 0.6) is 0 Å². The molecular weight excluding hydrogens is 413 g/mol. The van der Waals surface area contributed by atoms with Crippen LogP contribution >= 0.6 is 0 Å². The summed E-state index contributed by atoms with van der Waals surface area (Å²) in [6.45, 7) is 3.32. The molecule has 1 aromatic carbocycles. The first kappa shape index (κ1) is 21.6. The molecule has 1 amide bonds. The lowest BCUT2D eigenvalue weighted by Gasteiger charge is -2.39. The predicted octanol–water partition coefficient (Wildman–Crippen LogP) is 0.886. The van der Waals surface area contributed by atoms with Crippen LogP contribution in [0.2, 0.25) is 0 Å². The zero-order chi connectivity index (χ0) is 21.1. The number of nitrogens with zero attached hydrogens (tertiary/aromatic N) is 3. The normalized spacial score (nSPS) is 25.0. The number of piperazine rings is 1. The fourth-order valence-corrected chi connectivity index (χ4v) is 5.80. The van der Waals surface area contributed by atoms with E-state index in [1.165, 1.54) is 22.5 Å². The number of ether oxygens (including phenoxy) is 2. The minimum Gasteiger partial charge on any atom is -0.349 e. The number of hydrogen-bond acceptors (Lipinski definition) is 6. The van der Waals surface area contributed by atoms with Crippen molar-refractivity contribution in [1.29, 1.82) is 0 Å². The summed E-state index contributed by atoms with van der Waals surface area (Å²) in [6.07, 6.45) is 2.80. The number of likely N-dealkylation sites (tertiary alicyclic amines) is 1. The van der Waals surface area contributed by atoms with Gasteiger partial charge in [0.15, 0.2) is 6.29 Å². The summed E-state index contributed by atoms with van der Waals surface area (Å²) in [6, 6.07) is 5.09. The standard InChI is InChI=1S/C20H28FN3O5S/c21-16-4-3-5-17(14-16)30(26,27)24-10-8-22(9-11-24)19(25)15-23-7-2-1-6-18(23)20-28-12-13-29-20/h3-5,14,18,20H,1-2,6-13,15H2. The van der Waals surface area contributed by atoms with Crippen LogP contribution in [0, 0.1) is 5.82 Å². The average molecular weight is 442 g/mol. The van der Waals surface area contributed by atoms with Crippen molar-refractivity contribution in [2.24, 2.45) is 0 Å². The molecule has 30 heavy (non-hydrogen) atoms. The molecule has 4 rings (SSSR count). The van der Waals surface area contributed by atoms with Gasteiger partial charge in [0.05, 0.1) is 30.7 Å². The molecule has 3 fully saturated rings. The van der Waals surface area contributed by atoms with Gasteiger partial charge in [0.1, 0.15) is 5.82 Å². The van der Waals surface area contributed by atoms with Crippen molar-refractivity contribution in [3.8, 4) is 0 Å². The Morgan fingerprint density at radius 3 is 2.50 bits per heavy atom. The van der Waals surface area contributed by atoms with Gasteiger partial charge in [-0.2, -0.15) is 4.31 Å². The Kier molecular flexibility index (Phi) is 6.69. The summed E-state index contributed by atoms with van der Waals surface area (Å²) in [7, 11) is -3.77. The summed E-state index contributed by atoms with van der Waals surface area (Å²) < 4.78 is 51.6. The molecule has 0 bridgehead atoms. The van der Waals surface area contributed by atoms with Crippen molar-refractivity contribution in [1.82, 2.24) is 14.1 Å². The quantitative estimate of drug-likeness (QED) is 0.675. The van der Waals surface area contributed by atoms with E-state index >= 15 is 0 Å². The van der Waals surface area contributed by atoms with E-state index < -0.39 is 15.8 Å². The van der Waals surface area contributed by atoms with E-state index in [1.807, 2.05) is 0 Å². The molecule has 0 saturated carbocycles. The highest BCUT2D eigenvalue weighted by molar-refractivity contribution is 7.89. The Labute approximate surface area is 176 Å². The molecule has 8 nitrogen and oxygen atoms in total. The van der Waals surface area contributed by atoms with E-state index in [4.69, 9.17) is 9.47 Å². The van der Waals surface area contributed by atoms with Crippen LogP contribution in [0.15, 0.2) is 29.2 Å². The van der Waals surface area contributed by atoms with Crippen molar-refractivity contribution in [3.63, 3.8) is 0 Å². The Morgan fingerprint density at radius 2 is 1.80 bits per heavy atom. The summed E-state index contributed by atoms with van der Waals surface area (Å²) >= 11 is 0. The van der Waals surface area contributed by atoms with Crippen LogP contribution in [-0.2, 0) is 24.3 Å². The van der Waals surface area contributed by atoms with Gasteiger partial charge < -0.3 is 14.4 Å². The number of benzene rings is 1. The number of carbonyl (C=O) groups is 1. The summed E-state index contributed by atoms with van der Waals surface area (Å²) in [4.78, 5) is 16.7. The second kappa shape index (κ2) is 9.27. The van der Waals surface area contributed by atoms with Gasteiger partial charge in [-0.05, 0) is 37.6 Å². The Morgan fingerprint density at radius 1 is 1.07 bits per heavy atom. The molecule has 166 valence electrons. The third-order valence-electron chi connectivity index (χ3n) is 5.99. The van der Waals surface area contributed by atoms with Gasteiger partial charge in [0.2, 0.25) is 15.9 Å². The van der Waals surface area contributed by atoms with Crippen LogP contribution in [-0.4, -0.2) is 93.2 Å². The fraction of sp³-hybridized carbons (Fsp3) is 0.650. The lowest BCUT2D eigenvalue weighted by Crippen LogP contribution is -2.55. The lowest BCUT2D eigenvalue weighted by molar-refractivity contribution is -0.140. The van der Waals surface area contributed by atoms with Crippen LogP contribution in [0.25, 0.3) is 0 Å². The maximum atomic E-state index is 13.4. The molecule has 0 radical (unpaired) electrons. The minimum atomic E-state index is -3.77. The monoisotopic (exact) mass is 441 g/mol. The number of hydrogen-bond donors (Lipinski definition) is 0. The van der Waals surface area contributed by atoms with E-state index in [0.717, 1.165) is 31.9 Å². The Bertz CT molecular complexity index is 854. The molecular formula is C20H28FN3O5S. The number of halogens is 1. The van der Waals surface area contributed by atoms with Crippen LogP contribution < -0.4 is 0 Å². The van der Waals surface area contributed by atoms with E-state index in [-0.39, 0.29) is 42.8 Å². The number of rotatable bonds is 5. The third kappa shape index (κ3) is 4.67. The van der Waals surface area contributed by atoms with Gasteiger partial charge in [0, 0.05) is 26.2 Å². The van der Waals surface area contributed by atoms with Gasteiger partial charge in [-0.15, -0.1) is 0 Å². The zero-order valence-corrected chi connectivity index (χ0v) is 17.7. The average Bonchev–Trinajstić information content (AvgIpc) is 3.29.